The summed E-state index contributed by atoms with van der Waals surface area (Å²) in [6.45, 7) is 3.60. The zero-order chi connectivity index (χ0) is 19.8. The lowest BCUT2D eigenvalue weighted by Gasteiger charge is -2.33. The number of amides is 1. The molecule has 2 aromatic carbocycles. The summed E-state index contributed by atoms with van der Waals surface area (Å²) in [4.78, 5) is 24.9. The third kappa shape index (κ3) is 3.81. The summed E-state index contributed by atoms with van der Waals surface area (Å²) in [7, 11) is 0. The summed E-state index contributed by atoms with van der Waals surface area (Å²) in [6.07, 6.45) is 0.254. The summed E-state index contributed by atoms with van der Waals surface area (Å²) in [6, 6.07) is 11.4. The number of fused-ring (bicyclic) bond motifs is 1. The van der Waals surface area contributed by atoms with Crippen LogP contribution < -0.4 is 10.6 Å². The van der Waals surface area contributed by atoms with Gasteiger partial charge in [0.05, 0.1) is 0 Å². The van der Waals surface area contributed by atoms with E-state index >= 15 is 0 Å². The molecule has 0 fully saturated rings. The zero-order valence-electron chi connectivity index (χ0n) is 14.9. The first-order valence-electron chi connectivity index (χ1n) is 8.59. The fraction of sp³-hybridized carbons (Fsp3) is 0.300. The molecule has 3 N–H and O–H groups in total. The molecule has 1 aliphatic heterocycles. The molecule has 0 aliphatic carbocycles. The topological polar surface area (TPSA) is 78.4 Å². The Balaban J connectivity index is 2.12. The number of nitrogens with one attached hydrogen (secondary N) is 2. The zero-order valence-corrected chi connectivity index (χ0v) is 16.4. The monoisotopic (exact) mass is 406 g/mol. The molecule has 2 atom stereocenters. The van der Waals surface area contributed by atoms with E-state index in [4.69, 9.17) is 23.2 Å². The van der Waals surface area contributed by atoms with Crippen LogP contribution >= 0.6 is 23.2 Å². The van der Waals surface area contributed by atoms with Gasteiger partial charge in [-0.05, 0) is 35.7 Å². The Morgan fingerprint density at radius 2 is 1.89 bits per heavy atom. The second-order valence-electron chi connectivity index (χ2n) is 7.06. The van der Waals surface area contributed by atoms with Gasteiger partial charge < -0.3 is 10.4 Å². The predicted octanol–water partition coefficient (Wildman–Crippen LogP) is 4.08. The summed E-state index contributed by atoms with van der Waals surface area (Å²) in [5.41, 5.74) is 0.831. The van der Waals surface area contributed by atoms with Crippen LogP contribution in [-0.2, 0) is 21.5 Å². The summed E-state index contributed by atoms with van der Waals surface area (Å²) < 4.78 is 0. The lowest BCUT2D eigenvalue weighted by molar-refractivity contribution is -0.141. The van der Waals surface area contributed by atoms with Crippen molar-refractivity contribution in [2.45, 2.75) is 31.8 Å². The van der Waals surface area contributed by atoms with E-state index in [1.807, 2.05) is 6.07 Å². The fourth-order valence-corrected chi connectivity index (χ4v) is 3.83. The molecule has 7 heteroatoms. The van der Waals surface area contributed by atoms with E-state index in [0.29, 0.717) is 21.3 Å². The largest absolute Gasteiger partial charge is 0.480 e. The van der Waals surface area contributed by atoms with Gasteiger partial charge in [0.25, 0.3) is 0 Å². The number of aliphatic carboxylic acids is 1. The molecule has 3 rings (SSSR count). The molecule has 27 heavy (non-hydrogen) atoms. The molecule has 0 spiro atoms. The minimum atomic E-state index is -1.24. The first kappa shape index (κ1) is 19.7. The number of hydrogen-bond acceptors (Lipinski definition) is 3. The van der Waals surface area contributed by atoms with Crippen LogP contribution in [0.5, 0.6) is 0 Å². The Kier molecular flexibility index (Phi) is 5.47. The van der Waals surface area contributed by atoms with Crippen molar-refractivity contribution in [1.82, 2.24) is 5.32 Å². The first-order valence-corrected chi connectivity index (χ1v) is 9.35. The molecule has 0 saturated carbocycles. The van der Waals surface area contributed by atoms with E-state index in [0.717, 1.165) is 5.56 Å². The van der Waals surface area contributed by atoms with Crippen LogP contribution in [0.2, 0.25) is 10.0 Å². The van der Waals surface area contributed by atoms with Crippen molar-refractivity contribution < 1.29 is 14.7 Å². The smallest absolute Gasteiger partial charge is 0.320 e. The SMILES string of the molecule is CC(C)C(NC1(Cc2cccc(Cl)c2)C(=O)Nc2cc(Cl)ccc21)C(=O)O. The highest BCUT2D eigenvalue weighted by Gasteiger charge is 2.49. The third-order valence-electron chi connectivity index (χ3n) is 4.77. The molecular weight excluding hydrogens is 387 g/mol. The van der Waals surface area contributed by atoms with Crippen molar-refractivity contribution in [1.29, 1.82) is 0 Å². The van der Waals surface area contributed by atoms with Gasteiger partial charge in [-0.25, -0.2) is 0 Å². The second-order valence-corrected chi connectivity index (χ2v) is 7.93. The number of carboxylic acids is 1. The maximum Gasteiger partial charge on any atom is 0.320 e. The van der Waals surface area contributed by atoms with Crippen LogP contribution in [0, 0.1) is 5.92 Å². The maximum absolute atomic E-state index is 13.1. The average Bonchev–Trinajstić information content (AvgIpc) is 2.83. The number of anilines is 1. The van der Waals surface area contributed by atoms with E-state index in [-0.39, 0.29) is 18.2 Å². The second kappa shape index (κ2) is 7.50. The molecule has 1 heterocycles. The molecule has 142 valence electrons. The number of carboxylic acid groups (broad SMARTS) is 1. The Labute approximate surface area is 167 Å². The number of rotatable bonds is 6. The summed E-state index contributed by atoms with van der Waals surface area (Å²) in [5, 5.41) is 16.7. The number of hydrogen-bond donors (Lipinski definition) is 3. The van der Waals surface area contributed by atoms with Crippen molar-refractivity contribution in [2.75, 3.05) is 5.32 Å². The average molecular weight is 407 g/mol. The molecule has 0 bridgehead atoms. The van der Waals surface area contributed by atoms with E-state index in [1.165, 1.54) is 0 Å². The Hall–Kier alpha value is -2.08. The minimum absolute atomic E-state index is 0.220. The van der Waals surface area contributed by atoms with Gasteiger partial charge in [-0.3, -0.25) is 14.9 Å². The van der Waals surface area contributed by atoms with Crippen molar-refractivity contribution in [3.8, 4) is 0 Å². The maximum atomic E-state index is 13.1. The van der Waals surface area contributed by atoms with E-state index in [1.54, 1.807) is 50.2 Å². The van der Waals surface area contributed by atoms with E-state index in [2.05, 4.69) is 10.6 Å². The highest BCUT2D eigenvalue weighted by molar-refractivity contribution is 6.31. The molecule has 0 saturated heterocycles. The lowest BCUT2D eigenvalue weighted by Crippen LogP contribution is -2.57. The van der Waals surface area contributed by atoms with Crippen LogP contribution in [0.3, 0.4) is 0 Å². The van der Waals surface area contributed by atoms with E-state index < -0.39 is 17.6 Å². The van der Waals surface area contributed by atoms with Crippen LogP contribution in [-0.4, -0.2) is 23.0 Å². The number of carbonyl (C=O) groups excluding carboxylic acids is 1. The van der Waals surface area contributed by atoms with Gasteiger partial charge in [0.1, 0.15) is 11.6 Å². The van der Waals surface area contributed by atoms with E-state index in [9.17, 15) is 14.7 Å². The van der Waals surface area contributed by atoms with Crippen LogP contribution in [0.4, 0.5) is 5.69 Å². The summed E-state index contributed by atoms with van der Waals surface area (Å²) in [5.74, 6) is -1.54. The molecule has 0 aromatic heterocycles. The van der Waals surface area contributed by atoms with Gasteiger partial charge in [-0.15, -0.1) is 0 Å². The van der Waals surface area contributed by atoms with Crippen LogP contribution in [0.1, 0.15) is 25.0 Å². The van der Waals surface area contributed by atoms with Crippen molar-refractivity contribution in [3.63, 3.8) is 0 Å². The van der Waals surface area contributed by atoms with Gasteiger partial charge >= 0.3 is 5.97 Å². The molecule has 1 aliphatic rings. The molecule has 1 amide bonds. The van der Waals surface area contributed by atoms with Crippen molar-refractivity contribution >= 4 is 40.8 Å². The van der Waals surface area contributed by atoms with Gasteiger partial charge in [-0.2, -0.15) is 0 Å². The number of carbonyl (C=O) groups is 2. The molecule has 2 unspecified atom stereocenters. The number of benzene rings is 2. The van der Waals surface area contributed by atoms with Gasteiger partial charge in [0, 0.05) is 27.7 Å². The predicted molar refractivity (Wildman–Crippen MR) is 106 cm³/mol. The van der Waals surface area contributed by atoms with Gasteiger partial charge in [0.15, 0.2) is 0 Å². The van der Waals surface area contributed by atoms with Gasteiger partial charge in [0.2, 0.25) is 5.91 Å². The molecule has 5 nitrogen and oxygen atoms in total. The standard InChI is InChI=1S/C20H20Cl2N2O3/c1-11(2)17(18(25)26)24-20(10-12-4-3-5-13(21)8-12)15-7-6-14(22)9-16(15)23-19(20)27/h3-9,11,17,24H,10H2,1-2H3,(H,23,27)(H,25,26). The normalized spacial score (nSPS) is 19.7. The van der Waals surface area contributed by atoms with Crippen LogP contribution in [0.25, 0.3) is 0 Å². The molecule has 0 radical (unpaired) electrons. The third-order valence-corrected chi connectivity index (χ3v) is 5.24. The molecular formula is C20H20Cl2N2O3. The Morgan fingerprint density at radius 3 is 2.52 bits per heavy atom. The van der Waals surface area contributed by atoms with Crippen molar-refractivity contribution in [2.24, 2.45) is 5.92 Å². The quantitative estimate of drug-likeness (QED) is 0.674. The minimum Gasteiger partial charge on any atom is -0.480 e. The Morgan fingerprint density at radius 1 is 1.19 bits per heavy atom. The first-order chi connectivity index (χ1) is 12.7. The summed E-state index contributed by atoms with van der Waals surface area (Å²) >= 11 is 12.2. The van der Waals surface area contributed by atoms with Crippen LogP contribution in [0.15, 0.2) is 42.5 Å². The van der Waals surface area contributed by atoms with Crippen molar-refractivity contribution in [3.05, 3.63) is 63.6 Å². The number of halogens is 2. The van der Waals surface area contributed by atoms with Gasteiger partial charge in [-0.1, -0.05) is 55.2 Å². The highest BCUT2D eigenvalue weighted by Crippen LogP contribution is 2.40. The lowest BCUT2D eigenvalue weighted by atomic mass is 9.83. The fourth-order valence-electron chi connectivity index (χ4n) is 3.45. The Bertz CT molecular complexity index is 901. The highest BCUT2D eigenvalue weighted by atomic mass is 35.5. The molecule has 2 aromatic rings.